The topological polar surface area (TPSA) is 77.9 Å². The zero-order valence-corrected chi connectivity index (χ0v) is 13.5. The minimum absolute atomic E-state index is 0.0984. The van der Waals surface area contributed by atoms with Gasteiger partial charge in [0.2, 0.25) is 5.91 Å². The van der Waals surface area contributed by atoms with Crippen molar-refractivity contribution in [3.8, 4) is 0 Å². The summed E-state index contributed by atoms with van der Waals surface area (Å²) in [7, 11) is 0. The minimum atomic E-state index is -5.27. The third-order valence-corrected chi connectivity index (χ3v) is 3.98. The number of carbonyl (C=O) groups is 3. The molecular weight excluding hydrogens is 341 g/mol. The fourth-order valence-electron chi connectivity index (χ4n) is 3.04. The standard InChI is InChI=1S/C16H17F3N2O4/c1-9(2)21-11(22)8-20(15(25)16(17,18)19)13(14(23)24)12(21)10-6-4-3-5-7-10/h3-7,9,12-13H,8H2,1-2H3,(H,23,24)/t12-,13+/m1/s1. The van der Waals surface area contributed by atoms with Crippen LogP contribution in [0.5, 0.6) is 0 Å². The lowest BCUT2D eigenvalue weighted by molar-refractivity contribution is -0.196. The number of halogens is 3. The fourth-order valence-corrected chi connectivity index (χ4v) is 3.04. The Morgan fingerprint density at radius 1 is 1.20 bits per heavy atom. The van der Waals surface area contributed by atoms with E-state index in [4.69, 9.17) is 0 Å². The molecule has 0 saturated carbocycles. The van der Waals surface area contributed by atoms with Gasteiger partial charge in [0.15, 0.2) is 6.04 Å². The van der Waals surface area contributed by atoms with Crippen molar-refractivity contribution in [2.45, 2.75) is 38.1 Å². The van der Waals surface area contributed by atoms with Gasteiger partial charge < -0.3 is 14.9 Å². The molecular formula is C16H17F3N2O4. The van der Waals surface area contributed by atoms with Crippen LogP contribution in [0.25, 0.3) is 0 Å². The molecule has 25 heavy (non-hydrogen) atoms. The molecule has 2 rings (SSSR count). The molecule has 1 heterocycles. The van der Waals surface area contributed by atoms with Gasteiger partial charge in [-0.25, -0.2) is 4.79 Å². The Hall–Kier alpha value is -2.58. The number of piperazine rings is 1. The van der Waals surface area contributed by atoms with Crippen LogP contribution < -0.4 is 0 Å². The van der Waals surface area contributed by atoms with Gasteiger partial charge in [-0.05, 0) is 19.4 Å². The molecule has 1 aromatic rings. The molecule has 9 heteroatoms. The number of carboxylic acid groups (broad SMARTS) is 1. The number of aliphatic carboxylic acids is 1. The van der Waals surface area contributed by atoms with Gasteiger partial charge in [-0.3, -0.25) is 9.59 Å². The smallest absolute Gasteiger partial charge is 0.471 e. The first-order valence-corrected chi connectivity index (χ1v) is 7.52. The average molecular weight is 358 g/mol. The molecule has 1 aliphatic rings. The highest BCUT2D eigenvalue weighted by Gasteiger charge is 2.54. The fraction of sp³-hybridized carbons (Fsp3) is 0.438. The van der Waals surface area contributed by atoms with E-state index in [0.29, 0.717) is 5.56 Å². The Balaban J connectivity index is 2.60. The monoisotopic (exact) mass is 358 g/mol. The van der Waals surface area contributed by atoms with Crippen molar-refractivity contribution in [2.75, 3.05) is 6.54 Å². The van der Waals surface area contributed by atoms with Crippen LogP contribution in [0, 0.1) is 0 Å². The van der Waals surface area contributed by atoms with E-state index in [1.807, 2.05) is 0 Å². The number of alkyl halides is 3. The summed E-state index contributed by atoms with van der Waals surface area (Å²) in [4.78, 5) is 37.2. The van der Waals surface area contributed by atoms with E-state index >= 15 is 0 Å². The molecule has 1 fully saturated rings. The number of carbonyl (C=O) groups excluding carboxylic acids is 2. The highest BCUT2D eigenvalue weighted by atomic mass is 19.4. The molecule has 1 aliphatic heterocycles. The van der Waals surface area contributed by atoms with Gasteiger partial charge in [0, 0.05) is 6.04 Å². The zero-order valence-electron chi connectivity index (χ0n) is 13.5. The van der Waals surface area contributed by atoms with Crippen molar-refractivity contribution in [2.24, 2.45) is 0 Å². The van der Waals surface area contributed by atoms with Crippen molar-refractivity contribution in [3.63, 3.8) is 0 Å². The summed E-state index contributed by atoms with van der Waals surface area (Å²) >= 11 is 0. The molecule has 0 radical (unpaired) electrons. The molecule has 0 bridgehead atoms. The number of nitrogens with zero attached hydrogens (tertiary/aromatic N) is 2. The Kier molecular flexibility index (Phi) is 5.05. The molecule has 0 aromatic heterocycles. The normalized spacial score (nSPS) is 21.6. The Morgan fingerprint density at radius 2 is 1.76 bits per heavy atom. The lowest BCUT2D eigenvalue weighted by Crippen LogP contribution is -2.65. The van der Waals surface area contributed by atoms with Crippen LogP contribution in [0.15, 0.2) is 30.3 Å². The van der Waals surface area contributed by atoms with E-state index in [-0.39, 0.29) is 4.90 Å². The van der Waals surface area contributed by atoms with Crippen molar-refractivity contribution in [1.82, 2.24) is 9.80 Å². The molecule has 0 spiro atoms. The van der Waals surface area contributed by atoms with Gasteiger partial charge >= 0.3 is 18.1 Å². The van der Waals surface area contributed by atoms with Crippen LogP contribution in [0.4, 0.5) is 13.2 Å². The maximum absolute atomic E-state index is 12.9. The van der Waals surface area contributed by atoms with E-state index in [1.165, 1.54) is 17.0 Å². The van der Waals surface area contributed by atoms with Crippen molar-refractivity contribution in [3.05, 3.63) is 35.9 Å². The zero-order chi connectivity index (χ0) is 18.9. The first-order valence-electron chi connectivity index (χ1n) is 7.52. The predicted molar refractivity (Wildman–Crippen MR) is 80.4 cm³/mol. The number of hydrogen-bond acceptors (Lipinski definition) is 3. The van der Waals surface area contributed by atoms with E-state index in [1.54, 1.807) is 32.0 Å². The maximum Gasteiger partial charge on any atom is 0.471 e. The van der Waals surface area contributed by atoms with Crippen LogP contribution >= 0.6 is 0 Å². The van der Waals surface area contributed by atoms with E-state index in [9.17, 15) is 32.7 Å². The summed E-state index contributed by atoms with van der Waals surface area (Å²) in [6, 6.07) is 4.35. The van der Waals surface area contributed by atoms with Gasteiger partial charge in [0.05, 0.1) is 6.04 Å². The van der Waals surface area contributed by atoms with E-state index in [0.717, 1.165) is 0 Å². The number of hydrogen-bond donors (Lipinski definition) is 1. The van der Waals surface area contributed by atoms with Crippen molar-refractivity contribution >= 4 is 17.8 Å². The lowest BCUT2D eigenvalue weighted by Gasteiger charge is -2.47. The first kappa shape index (κ1) is 18.8. The molecule has 2 atom stereocenters. The second-order valence-electron chi connectivity index (χ2n) is 5.96. The highest BCUT2D eigenvalue weighted by molar-refractivity contribution is 5.94. The molecule has 1 N–H and O–H groups in total. The summed E-state index contributed by atoms with van der Waals surface area (Å²) < 4.78 is 38.6. The molecule has 0 aliphatic carbocycles. The molecule has 1 aromatic carbocycles. The third-order valence-electron chi connectivity index (χ3n) is 3.98. The Morgan fingerprint density at radius 3 is 2.20 bits per heavy atom. The SMILES string of the molecule is CC(C)N1C(=O)CN(C(=O)C(F)(F)F)[C@H](C(=O)O)[C@H]1c1ccccc1. The highest BCUT2D eigenvalue weighted by Crippen LogP contribution is 2.35. The number of amides is 2. The summed E-state index contributed by atoms with van der Waals surface area (Å²) in [5.74, 6) is -4.68. The molecule has 136 valence electrons. The Labute approximate surface area is 141 Å². The van der Waals surface area contributed by atoms with Gasteiger partial charge in [-0.2, -0.15) is 13.2 Å². The summed E-state index contributed by atoms with van der Waals surface area (Å²) in [6.07, 6.45) is -5.27. The average Bonchev–Trinajstić information content (AvgIpc) is 2.52. The number of benzene rings is 1. The third kappa shape index (κ3) is 3.59. The van der Waals surface area contributed by atoms with Crippen LogP contribution in [0.3, 0.4) is 0 Å². The molecule has 1 saturated heterocycles. The number of rotatable bonds is 3. The second kappa shape index (κ2) is 6.73. The van der Waals surface area contributed by atoms with Gasteiger partial charge in [0.25, 0.3) is 0 Å². The minimum Gasteiger partial charge on any atom is -0.480 e. The predicted octanol–water partition coefficient (Wildman–Crippen LogP) is 1.82. The quantitative estimate of drug-likeness (QED) is 0.894. The Bertz CT molecular complexity index is 676. The first-order chi connectivity index (χ1) is 11.6. The van der Waals surface area contributed by atoms with Gasteiger partial charge in [-0.1, -0.05) is 30.3 Å². The second-order valence-corrected chi connectivity index (χ2v) is 5.96. The molecule has 6 nitrogen and oxygen atoms in total. The van der Waals surface area contributed by atoms with Crippen LogP contribution in [0.2, 0.25) is 0 Å². The van der Waals surface area contributed by atoms with Crippen LogP contribution in [-0.2, 0) is 14.4 Å². The molecule has 2 amide bonds. The van der Waals surface area contributed by atoms with Crippen molar-refractivity contribution < 1.29 is 32.7 Å². The van der Waals surface area contributed by atoms with Crippen LogP contribution in [0.1, 0.15) is 25.5 Å². The summed E-state index contributed by atoms with van der Waals surface area (Å²) in [5, 5.41) is 9.54. The van der Waals surface area contributed by atoms with Gasteiger partial charge in [0.1, 0.15) is 6.54 Å². The van der Waals surface area contributed by atoms with Crippen LogP contribution in [-0.4, -0.2) is 57.5 Å². The summed E-state index contributed by atoms with van der Waals surface area (Å²) in [5.41, 5.74) is 0.344. The largest absolute Gasteiger partial charge is 0.480 e. The van der Waals surface area contributed by atoms with Crippen molar-refractivity contribution in [1.29, 1.82) is 0 Å². The van der Waals surface area contributed by atoms with E-state index < -0.39 is 48.6 Å². The molecule has 0 unspecified atom stereocenters. The number of carboxylic acids is 1. The van der Waals surface area contributed by atoms with Gasteiger partial charge in [-0.15, -0.1) is 0 Å². The van der Waals surface area contributed by atoms with E-state index in [2.05, 4.69) is 0 Å². The summed E-state index contributed by atoms with van der Waals surface area (Å²) in [6.45, 7) is 2.33. The maximum atomic E-state index is 12.9. The lowest BCUT2D eigenvalue weighted by atomic mass is 9.92.